The van der Waals surface area contributed by atoms with Crippen molar-refractivity contribution < 1.29 is 53.9 Å². The third-order valence-corrected chi connectivity index (χ3v) is 7.18. The molecule has 17 heteroatoms. The number of carbonyl (C=O) groups excluding carboxylic acids is 2. The van der Waals surface area contributed by atoms with E-state index in [0.717, 1.165) is 37.3 Å². The minimum absolute atomic E-state index is 0.150. The molecule has 1 amide bonds. The molecule has 0 spiro atoms. The highest BCUT2D eigenvalue weighted by molar-refractivity contribution is 6.34. The first-order valence-electron chi connectivity index (χ1n) is 12.0. The van der Waals surface area contributed by atoms with Crippen molar-refractivity contribution in [2.24, 2.45) is 11.0 Å². The monoisotopic (exact) mass is 671 g/mol. The number of benzene rings is 3. The molecular formula is C27H16Cl2F9N3O3. The molecule has 6 nitrogen and oxygen atoms in total. The molecule has 234 valence electrons. The Balaban J connectivity index is 1.95. The number of nitrogens with two attached hydrogens (primary N) is 1. The number of amides is 1. The van der Waals surface area contributed by atoms with Crippen LogP contribution >= 0.6 is 23.2 Å². The predicted octanol–water partition coefficient (Wildman–Crippen LogP) is 7.76. The fourth-order valence-electron chi connectivity index (χ4n) is 4.63. The summed E-state index contributed by atoms with van der Waals surface area (Å²) in [5.41, 5.74) is -9.24. The first-order valence-corrected chi connectivity index (χ1v) is 12.7. The van der Waals surface area contributed by atoms with Gasteiger partial charge in [0.05, 0.1) is 16.8 Å². The van der Waals surface area contributed by atoms with Gasteiger partial charge in [-0.05, 0) is 55.0 Å². The number of hydrazine groups is 1. The van der Waals surface area contributed by atoms with E-state index in [0.29, 0.717) is 0 Å². The highest BCUT2D eigenvalue weighted by Crippen LogP contribution is 2.50. The summed E-state index contributed by atoms with van der Waals surface area (Å²) < 4.78 is 125. The van der Waals surface area contributed by atoms with Gasteiger partial charge in [0.15, 0.2) is 5.78 Å². The molecule has 3 aromatic carbocycles. The first kappa shape index (κ1) is 33.1. The molecular weight excluding hydrogens is 656 g/mol. The van der Waals surface area contributed by atoms with Crippen LogP contribution in [0.25, 0.3) is 0 Å². The molecule has 0 saturated carbocycles. The average molecular weight is 672 g/mol. The molecule has 3 N–H and O–H groups in total. The minimum atomic E-state index is -5.32. The van der Waals surface area contributed by atoms with Gasteiger partial charge in [-0.25, -0.2) is 5.84 Å². The number of nitrogens with zero attached hydrogens (tertiary/aromatic N) is 1. The lowest BCUT2D eigenvalue weighted by atomic mass is 9.83. The SMILES string of the molecule is Cc1c(C(=O)NN)ccc(C2=NOC(c3cc(Cl)cc(Cl)c3)(C(F)(F)F)C2)c1C(=O)c1cc(C(F)(F)F)cc(C(F)(F)F)c1. The Labute approximate surface area is 251 Å². The van der Waals surface area contributed by atoms with Crippen molar-refractivity contribution >= 4 is 40.6 Å². The van der Waals surface area contributed by atoms with Gasteiger partial charge in [0.2, 0.25) is 0 Å². The second kappa shape index (κ2) is 11.3. The van der Waals surface area contributed by atoms with Crippen LogP contribution < -0.4 is 11.3 Å². The number of nitrogen functional groups attached to an aromatic ring is 1. The van der Waals surface area contributed by atoms with E-state index in [1.54, 1.807) is 5.43 Å². The van der Waals surface area contributed by atoms with Gasteiger partial charge in [0.1, 0.15) is 0 Å². The standard InChI is InChI=1S/C27H16Cl2F9N3O3/c1-11-18(23(43)40-39)2-3-19(20-10-24(44-41-20,27(36,37)38)13-7-16(28)9-17(29)8-13)21(11)22(42)12-4-14(25(30,31)32)6-15(5-12)26(33,34)35/h2-9H,10,39H2,1H3,(H,40,43). The van der Waals surface area contributed by atoms with Gasteiger partial charge < -0.3 is 4.84 Å². The maximum Gasteiger partial charge on any atom is 0.435 e. The fraction of sp³-hybridized carbons (Fsp3) is 0.222. The molecule has 1 unspecified atom stereocenters. The van der Waals surface area contributed by atoms with Gasteiger partial charge in [-0.3, -0.25) is 15.0 Å². The zero-order valence-corrected chi connectivity index (χ0v) is 23.2. The summed E-state index contributed by atoms with van der Waals surface area (Å²) in [5, 5.41) is 3.14. The normalized spacial score (nSPS) is 17.2. The number of halogens is 11. The Morgan fingerprint density at radius 1 is 0.886 bits per heavy atom. The molecule has 44 heavy (non-hydrogen) atoms. The summed E-state index contributed by atoms with van der Waals surface area (Å²) in [4.78, 5) is 31.0. The molecule has 1 heterocycles. The van der Waals surface area contributed by atoms with Crippen molar-refractivity contribution in [3.63, 3.8) is 0 Å². The summed E-state index contributed by atoms with van der Waals surface area (Å²) in [5.74, 6) is 2.64. The fourth-order valence-corrected chi connectivity index (χ4v) is 5.16. The number of rotatable bonds is 5. The summed E-state index contributed by atoms with van der Waals surface area (Å²) >= 11 is 11.8. The van der Waals surface area contributed by atoms with Crippen molar-refractivity contribution in [2.75, 3.05) is 0 Å². The third kappa shape index (κ3) is 6.08. The Bertz CT molecular complexity index is 1650. The summed E-state index contributed by atoms with van der Waals surface area (Å²) in [6.07, 6.45) is -17.0. The van der Waals surface area contributed by atoms with E-state index in [9.17, 15) is 49.1 Å². The van der Waals surface area contributed by atoms with Crippen molar-refractivity contribution in [3.05, 3.63) is 103 Å². The van der Waals surface area contributed by atoms with Gasteiger partial charge >= 0.3 is 18.5 Å². The lowest BCUT2D eigenvalue weighted by molar-refractivity contribution is -0.275. The maximum atomic E-state index is 14.6. The molecule has 1 aliphatic rings. The van der Waals surface area contributed by atoms with Crippen molar-refractivity contribution in [1.82, 2.24) is 5.43 Å². The molecule has 1 atom stereocenters. The molecule has 0 saturated heterocycles. The van der Waals surface area contributed by atoms with E-state index in [1.165, 1.54) is 0 Å². The molecule has 0 aliphatic carbocycles. The Morgan fingerprint density at radius 3 is 1.91 bits per heavy atom. The van der Waals surface area contributed by atoms with Crippen LogP contribution in [0.5, 0.6) is 0 Å². The smallest absolute Gasteiger partial charge is 0.374 e. The Kier molecular flexibility index (Phi) is 8.48. The van der Waals surface area contributed by atoms with E-state index in [4.69, 9.17) is 33.9 Å². The number of oxime groups is 1. The summed E-state index contributed by atoms with van der Waals surface area (Å²) in [6, 6.07) is 5.05. The minimum Gasteiger partial charge on any atom is -0.374 e. The highest BCUT2D eigenvalue weighted by atomic mass is 35.5. The number of alkyl halides is 9. The number of carbonyl (C=O) groups is 2. The number of ketones is 1. The van der Waals surface area contributed by atoms with Crippen LogP contribution in [-0.4, -0.2) is 23.6 Å². The predicted molar refractivity (Wildman–Crippen MR) is 139 cm³/mol. The Morgan fingerprint density at radius 2 is 1.43 bits per heavy atom. The molecule has 4 rings (SSSR count). The Hall–Kier alpha value is -3.82. The van der Waals surface area contributed by atoms with Gasteiger partial charge in [-0.1, -0.05) is 34.4 Å². The maximum absolute atomic E-state index is 14.6. The van der Waals surface area contributed by atoms with Crippen molar-refractivity contribution in [2.45, 2.75) is 37.5 Å². The number of hydrogen-bond acceptors (Lipinski definition) is 5. The van der Waals surface area contributed by atoms with Crippen molar-refractivity contribution in [3.8, 4) is 0 Å². The lowest BCUT2D eigenvalue weighted by Crippen LogP contribution is -2.42. The van der Waals surface area contributed by atoms with Crippen LogP contribution in [0.4, 0.5) is 39.5 Å². The summed E-state index contributed by atoms with van der Waals surface area (Å²) in [7, 11) is 0. The largest absolute Gasteiger partial charge is 0.435 e. The van der Waals surface area contributed by atoms with Crippen molar-refractivity contribution in [1.29, 1.82) is 0 Å². The zero-order valence-electron chi connectivity index (χ0n) is 21.7. The van der Waals surface area contributed by atoms with E-state index < -0.39 is 81.3 Å². The molecule has 0 bridgehead atoms. The molecule has 0 fully saturated rings. The second-order valence-electron chi connectivity index (χ2n) is 9.55. The van der Waals surface area contributed by atoms with Crippen LogP contribution in [0, 0.1) is 6.92 Å². The van der Waals surface area contributed by atoms with E-state index in [-0.39, 0.29) is 39.4 Å². The van der Waals surface area contributed by atoms with Gasteiger partial charge in [0, 0.05) is 44.3 Å². The van der Waals surface area contributed by atoms with Crippen LogP contribution in [0.15, 0.2) is 53.7 Å². The molecule has 1 aliphatic heterocycles. The van der Waals surface area contributed by atoms with Crippen LogP contribution in [0.2, 0.25) is 10.0 Å². The second-order valence-corrected chi connectivity index (χ2v) is 10.4. The van der Waals surface area contributed by atoms with Crippen LogP contribution in [-0.2, 0) is 22.8 Å². The van der Waals surface area contributed by atoms with E-state index in [2.05, 4.69) is 5.16 Å². The molecule has 3 aromatic rings. The zero-order chi connectivity index (χ0) is 33.0. The van der Waals surface area contributed by atoms with Crippen LogP contribution in [0.1, 0.15) is 60.5 Å². The highest BCUT2D eigenvalue weighted by Gasteiger charge is 2.62. The lowest BCUT2D eigenvalue weighted by Gasteiger charge is -2.29. The number of nitrogens with one attached hydrogen (secondary N) is 1. The van der Waals surface area contributed by atoms with Gasteiger partial charge in [0.25, 0.3) is 11.5 Å². The first-order chi connectivity index (χ1) is 20.2. The third-order valence-electron chi connectivity index (χ3n) is 6.74. The topological polar surface area (TPSA) is 93.8 Å². The average Bonchev–Trinajstić information content (AvgIpc) is 3.37. The van der Waals surface area contributed by atoms with Gasteiger partial charge in [-0.15, -0.1) is 0 Å². The quantitative estimate of drug-likeness (QED) is 0.0954. The van der Waals surface area contributed by atoms with E-state index in [1.807, 2.05) is 0 Å². The molecule has 0 radical (unpaired) electrons. The number of hydrogen-bond donors (Lipinski definition) is 2. The van der Waals surface area contributed by atoms with Gasteiger partial charge in [-0.2, -0.15) is 39.5 Å². The summed E-state index contributed by atoms with van der Waals surface area (Å²) in [6.45, 7) is 1.10. The van der Waals surface area contributed by atoms with E-state index >= 15 is 0 Å². The molecule has 0 aromatic heterocycles. The van der Waals surface area contributed by atoms with Crippen LogP contribution in [0.3, 0.4) is 0 Å².